The van der Waals surface area contributed by atoms with Gasteiger partial charge in [-0.15, -0.1) is 0 Å². The molecule has 0 spiro atoms. The van der Waals surface area contributed by atoms with Gasteiger partial charge < -0.3 is 0 Å². The van der Waals surface area contributed by atoms with E-state index in [9.17, 15) is 0 Å². The third kappa shape index (κ3) is 3.86. The number of rotatable bonds is 2. The van der Waals surface area contributed by atoms with E-state index in [1.165, 1.54) is 26.9 Å². The van der Waals surface area contributed by atoms with Crippen LogP contribution in [0, 0.1) is 0 Å². The van der Waals surface area contributed by atoms with Crippen LogP contribution in [0.15, 0.2) is 119 Å². The number of benzene rings is 6. The Morgan fingerprint density at radius 1 is 0.634 bits per heavy atom. The summed E-state index contributed by atoms with van der Waals surface area (Å²) < 4.78 is 0. The third-order valence-electron chi connectivity index (χ3n) is 8.34. The van der Waals surface area contributed by atoms with Crippen molar-refractivity contribution in [3.05, 3.63) is 152 Å². The van der Waals surface area contributed by atoms with Gasteiger partial charge >= 0.3 is 0 Å². The quantitative estimate of drug-likeness (QED) is 0.186. The molecule has 41 heavy (non-hydrogen) atoms. The van der Waals surface area contributed by atoms with E-state index in [2.05, 4.69) is 103 Å². The second kappa shape index (κ2) is 9.41. The second-order valence-electron chi connectivity index (χ2n) is 10.8. The van der Waals surface area contributed by atoms with Crippen LogP contribution in [0.2, 0.25) is 10.0 Å². The molecule has 0 aromatic heterocycles. The van der Waals surface area contributed by atoms with Crippen LogP contribution in [0.1, 0.15) is 29.2 Å². The van der Waals surface area contributed by atoms with Gasteiger partial charge in [-0.25, -0.2) is 9.98 Å². The maximum atomic E-state index is 7.21. The standard InChI is InChI=1S/C37H24Cl2N2/c1-2-7-26-19-30-33(39)37-31(32(38)36(30)40-34(26)27-14-12-21-8-3-4-9-22(21)17-27)20-28-15-13-25-16-23-10-5-6-11-24(23)18-29(25)35(28)41-37/h2-18H,19-20H2,1H3/b7-2-. The highest BCUT2D eigenvalue weighted by molar-refractivity contribution is 6.34. The van der Waals surface area contributed by atoms with Gasteiger partial charge in [0.05, 0.1) is 32.1 Å². The van der Waals surface area contributed by atoms with Crippen molar-refractivity contribution in [1.29, 1.82) is 0 Å². The lowest BCUT2D eigenvalue weighted by molar-refractivity contribution is 1.02. The molecule has 0 atom stereocenters. The third-order valence-corrected chi connectivity index (χ3v) is 9.15. The van der Waals surface area contributed by atoms with Crippen molar-refractivity contribution in [2.45, 2.75) is 19.8 Å². The molecule has 0 aliphatic carbocycles. The number of allylic oxidation sites excluding steroid dienone is 3. The van der Waals surface area contributed by atoms with E-state index in [1.54, 1.807) is 0 Å². The summed E-state index contributed by atoms with van der Waals surface area (Å²) >= 11 is 14.4. The molecule has 196 valence electrons. The maximum absolute atomic E-state index is 7.21. The maximum Gasteiger partial charge on any atom is 0.0878 e. The number of fused-ring (bicyclic) bond motifs is 7. The Kier molecular flexibility index (Phi) is 5.63. The zero-order valence-corrected chi connectivity index (χ0v) is 23.9. The minimum atomic E-state index is 0.639. The summed E-state index contributed by atoms with van der Waals surface area (Å²) in [5.41, 5.74) is 7.12. The van der Waals surface area contributed by atoms with E-state index in [0.29, 0.717) is 22.9 Å². The fraction of sp³-hybridized carbons (Fsp3) is 0.0811. The molecule has 2 heterocycles. The first-order valence-electron chi connectivity index (χ1n) is 13.8. The van der Waals surface area contributed by atoms with Crippen LogP contribution < -0.4 is 10.7 Å². The van der Waals surface area contributed by atoms with E-state index in [-0.39, 0.29) is 0 Å². The summed E-state index contributed by atoms with van der Waals surface area (Å²) in [6.45, 7) is 2.03. The lowest BCUT2D eigenvalue weighted by atomic mass is 9.90. The molecule has 6 aromatic rings. The van der Waals surface area contributed by atoms with E-state index < -0.39 is 0 Å². The normalized spacial score (nSPS) is 14.2. The van der Waals surface area contributed by atoms with Gasteiger partial charge in [0.15, 0.2) is 0 Å². The molecular formula is C37H24Cl2N2. The number of hydrogen-bond acceptors (Lipinski definition) is 2. The summed E-state index contributed by atoms with van der Waals surface area (Å²) in [6, 6.07) is 32.2. The van der Waals surface area contributed by atoms with Crippen LogP contribution in [-0.4, -0.2) is 0 Å². The van der Waals surface area contributed by atoms with Gasteiger partial charge in [-0.1, -0.05) is 108 Å². The Morgan fingerprint density at radius 2 is 1.27 bits per heavy atom. The Bertz CT molecular complexity index is 2290. The highest BCUT2D eigenvalue weighted by Crippen LogP contribution is 2.38. The molecule has 0 unspecified atom stereocenters. The first-order chi connectivity index (χ1) is 20.1. The van der Waals surface area contributed by atoms with Gasteiger partial charge in [-0.3, -0.25) is 0 Å². The molecule has 0 bridgehead atoms. The Hall–Kier alpha value is -4.24. The van der Waals surface area contributed by atoms with Crippen molar-refractivity contribution in [2.24, 2.45) is 9.98 Å². The molecule has 0 amide bonds. The first kappa shape index (κ1) is 24.5. The minimum Gasteiger partial charge on any atom is -0.246 e. The lowest BCUT2D eigenvalue weighted by Gasteiger charge is -2.22. The van der Waals surface area contributed by atoms with Crippen LogP contribution in [0.25, 0.3) is 38.0 Å². The Labute approximate surface area is 247 Å². The van der Waals surface area contributed by atoms with Crippen molar-refractivity contribution in [3.63, 3.8) is 0 Å². The zero-order valence-electron chi connectivity index (χ0n) is 22.4. The molecule has 2 aliphatic rings. The van der Waals surface area contributed by atoms with Crippen molar-refractivity contribution >= 4 is 66.9 Å². The first-order valence-corrected chi connectivity index (χ1v) is 14.6. The predicted molar refractivity (Wildman–Crippen MR) is 172 cm³/mol. The lowest BCUT2D eigenvalue weighted by Crippen LogP contribution is -2.28. The van der Waals surface area contributed by atoms with E-state index >= 15 is 0 Å². The van der Waals surface area contributed by atoms with Gasteiger partial charge in [-0.05, 0) is 63.2 Å². The summed E-state index contributed by atoms with van der Waals surface area (Å²) in [6.07, 6.45) is 5.49. The summed E-state index contributed by atoms with van der Waals surface area (Å²) in [4.78, 5) is 10.4. The van der Waals surface area contributed by atoms with Crippen molar-refractivity contribution in [2.75, 3.05) is 0 Å². The van der Waals surface area contributed by atoms with Gasteiger partial charge in [0, 0.05) is 34.9 Å². The molecule has 6 aromatic carbocycles. The van der Waals surface area contributed by atoms with Gasteiger partial charge in [-0.2, -0.15) is 0 Å². The van der Waals surface area contributed by atoms with Crippen molar-refractivity contribution in [1.82, 2.24) is 0 Å². The predicted octanol–water partition coefficient (Wildman–Crippen LogP) is 9.47. The van der Waals surface area contributed by atoms with Crippen LogP contribution in [0.5, 0.6) is 0 Å². The molecule has 0 radical (unpaired) electrons. The zero-order chi connectivity index (χ0) is 27.7. The monoisotopic (exact) mass is 566 g/mol. The highest BCUT2D eigenvalue weighted by Gasteiger charge is 2.26. The van der Waals surface area contributed by atoms with Gasteiger partial charge in [0.25, 0.3) is 0 Å². The summed E-state index contributed by atoms with van der Waals surface area (Å²) in [5, 5.41) is 9.93. The Morgan fingerprint density at radius 3 is 2.02 bits per heavy atom. The molecule has 4 heteroatoms. The minimum absolute atomic E-state index is 0.639. The topological polar surface area (TPSA) is 24.7 Å². The van der Waals surface area contributed by atoms with Crippen LogP contribution >= 0.6 is 23.2 Å². The summed E-state index contributed by atoms with van der Waals surface area (Å²) in [5.74, 6) is 0. The largest absolute Gasteiger partial charge is 0.246 e. The fourth-order valence-electron chi connectivity index (χ4n) is 6.32. The molecule has 2 nitrogen and oxygen atoms in total. The van der Waals surface area contributed by atoms with Crippen molar-refractivity contribution < 1.29 is 0 Å². The molecular weight excluding hydrogens is 543 g/mol. The Balaban J connectivity index is 1.36. The number of hydrogen-bond donors (Lipinski definition) is 0. The SMILES string of the molecule is C/C=C\C1=C(c2ccc3ccccc3c2)N=c2c(Cl)c3c(c(Cl)c2C1)=Nc1c(ccc2cc4ccccc4cc12)C3. The van der Waals surface area contributed by atoms with Crippen LogP contribution in [0.4, 0.5) is 5.69 Å². The van der Waals surface area contributed by atoms with E-state index in [1.807, 2.05) is 6.92 Å². The van der Waals surface area contributed by atoms with E-state index in [4.69, 9.17) is 33.2 Å². The molecule has 0 N–H and O–H groups in total. The van der Waals surface area contributed by atoms with Gasteiger partial charge in [0.1, 0.15) is 0 Å². The second-order valence-corrected chi connectivity index (χ2v) is 11.5. The molecule has 8 rings (SSSR count). The number of nitrogens with zero attached hydrogens (tertiary/aromatic N) is 2. The fourth-order valence-corrected chi connectivity index (χ4v) is 6.94. The molecule has 0 fully saturated rings. The average Bonchev–Trinajstić information content (AvgIpc) is 3.01. The smallest absolute Gasteiger partial charge is 0.0878 e. The van der Waals surface area contributed by atoms with Gasteiger partial charge in [0.2, 0.25) is 0 Å². The highest BCUT2D eigenvalue weighted by atomic mass is 35.5. The summed E-state index contributed by atoms with van der Waals surface area (Å²) in [7, 11) is 0. The van der Waals surface area contributed by atoms with E-state index in [0.717, 1.165) is 55.3 Å². The number of halogens is 2. The van der Waals surface area contributed by atoms with Crippen LogP contribution in [-0.2, 0) is 12.8 Å². The molecule has 0 saturated carbocycles. The average molecular weight is 568 g/mol. The molecule has 2 aliphatic heterocycles. The van der Waals surface area contributed by atoms with Crippen molar-refractivity contribution in [3.8, 4) is 0 Å². The van der Waals surface area contributed by atoms with Crippen LogP contribution in [0.3, 0.4) is 0 Å². The molecule has 0 saturated heterocycles.